The molecule has 0 aliphatic carbocycles. The Balaban J connectivity index is 3.33. The second kappa shape index (κ2) is 4.10. The van der Waals surface area contributed by atoms with Crippen LogP contribution in [0.1, 0.15) is 36.6 Å². The summed E-state index contributed by atoms with van der Waals surface area (Å²) in [5.41, 5.74) is 2.40. The Bertz CT molecular complexity index is 378. The molecule has 1 rings (SSSR count). The lowest BCUT2D eigenvalue weighted by Crippen LogP contribution is -2.00. The summed E-state index contributed by atoms with van der Waals surface area (Å²) >= 11 is 0. The number of rotatable bonds is 2. The van der Waals surface area contributed by atoms with Crippen molar-refractivity contribution >= 4 is 0 Å². The average molecular weight is 190 g/mol. The van der Waals surface area contributed by atoms with Crippen molar-refractivity contribution in [3.05, 3.63) is 22.9 Å². The second-order valence-corrected chi connectivity index (χ2v) is 3.51. The van der Waals surface area contributed by atoms with E-state index in [1.54, 1.807) is 0 Å². The first-order valence-corrected chi connectivity index (χ1v) is 4.55. The summed E-state index contributed by atoms with van der Waals surface area (Å²) in [5, 5.41) is 8.89. The van der Waals surface area contributed by atoms with Crippen LogP contribution in [-0.2, 0) is 0 Å². The van der Waals surface area contributed by atoms with Gasteiger partial charge >= 0.3 is 0 Å². The first-order valence-electron chi connectivity index (χ1n) is 4.55. The maximum atomic E-state index is 8.89. The molecule has 0 radical (unpaired) electrons. The van der Waals surface area contributed by atoms with Crippen LogP contribution in [0.15, 0.2) is 6.07 Å². The summed E-state index contributed by atoms with van der Waals surface area (Å²) in [4.78, 5) is 4.28. The average Bonchev–Trinajstić information content (AvgIpc) is 2.16. The van der Waals surface area contributed by atoms with Crippen LogP contribution in [0.25, 0.3) is 0 Å². The maximum absolute atomic E-state index is 8.89. The molecule has 74 valence electrons. The van der Waals surface area contributed by atoms with E-state index in [1.165, 1.54) is 7.11 Å². The molecule has 3 nitrogen and oxygen atoms in total. The largest absolute Gasteiger partial charge is 0.480 e. The fourth-order valence-electron chi connectivity index (χ4n) is 1.25. The first-order chi connectivity index (χ1) is 6.60. The zero-order valence-corrected chi connectivity index (χ0v) is 8.96. The Morgan fingerprint density at radius 1 is 1.50 bits per heavy atom. The van der Waals surface area contributed by atoms with Crippen LogP contribution in [0.5, 0.6) is 5.88 Å². The molecule has 0 amide bonds. The van der Waals surface area contributed by atoms with Crippen molar-refractivity contribution in [1.82, 2.24) is 4.98 Å². The maximum Gasteiger partial charge on any atom is 0.231 e. The number of nitriles is 1. The third-order valence-corrected chi connectivity index (χ3v) is 2.10. The molecule has 0 spiro atoms. The van der Waals surface area contributed by atoms with Gasteiger partial charge in [-0.15, -0.1) is 0 Å². The molecule has 0 N–H and O–H groups in total. The Hall–Kier alpha value is -1.56. The molecule has 0 aliphatic rings. The van der Waals surface area contributed by atoms with Gasteiger partial charge in [0.2, 0.25) is 5.88 Å². The molecule has 0 aliphatic heterocycles. The predicted octanol–water partition coefficient (Wildman–Crippen LogP) is 2.39. The Morgan fingerprint density at radius 3 is 2.57 bits per heavy atom. The van der Waals surface area contributed by atoms with E-state index in [0.717, 1.165) is 11.3 Å². The molecule has 3 heteroatoms. The van der Waals surface area contributed by atoms with Crippen molar-refractivity contribution < 1.29 is 4.74 Å². The lowest BCUT2D eigenvalue weighted by atomic mass is 10.1. The van der Waals surface area contributed by atoms with Gasteiger partial charge in [-0.1, -0.05) is 13.8 Å². The predicted molar refractivity (Wildman–Crippen MR) is 54.3 cm³/mol. The van der Waals surface area contributed by atoms with E-state index in [9.17, 15) is 0 Å². The van der Waals surface area contributed by atoms with E-state index in [-0.39, 0.29) is 0 Å². The number of hydrogen-bond donors (Lipinski definition) is 0. The summed E-state index contributed by atoms with van der Waals surface area (Å²) in [6.45, 7) is 6.02. The third-order valence-electron chi connectivity index (χ3n) is 2.10. The van der Waals surface area contributed by atoms with Crippen LogP contribution in [0.3, 0.4) is 0 Å². The van der Waals surface area contributed by atoms with Gasteiger partial charge in [0.25, 0.3) is 0 Å². The topological polar surface area (TPSA) is 45.9 Å². The van der Waals surface area contributed by atoms with Gasteiger partial charge in [-0.05, 0) is 24.5 Å². The molecule has 0 fully saturated rings. The normalized spacial score (nSPS) is 10.0. The van der Waals surface area contributed by atoms with Crippen LogP contribution in [-0.4, -0.2) is 12.1 Å². The van der Waals surface area contributed by atoms with Crippen molar-refractivity contribution in [2.45, 2.75) is 26.7 Å². The molecule has 0 atom stereocenters. The minimum Gasteiger partial charge on any atom is -0.480 e. The van der Waals surface area contributed by atoms with E-state index < -0.39 is 0 Å². The quantitative estimate of drug-likeness (QED) is 0.719. The monoisotopic (exact) mass is 190 g/mol. The first kappa shape index (κ1) is 10.5. The Kier molecular flexibility index (Phi) is 3.08. The van der Waals surface area contributed by atoms with Crippen molar-refractivity contribution in [2.24, 2.45) is 0 Å². The van der Waals surface area contributed by atoms with Crippen molar-refractivity contribution in [3.63, 3.8) is 0 Å². The van der Waals surface area contributed by atoms with Gasteiger partial charge in [0.1, 0.15) is 11.6 Å². The number of methoxy groups -OCH3 is 1. The van der Waals surface area contributed by atoms with E-state index in [0.29, 0.717) is 17.4 Å². The highest BCUT2D eigenvalue weighted by molar-refractivity contribution is 5.45. The minimum atomic E-state index is 0.343. The number of aryl methyl sites for hydroxylation is 1. The van der Waals surface area contributed by atoms with Crippen LogP contribution < -0.4 is 4.74 Å². The van der Waals surface area contributed by atoms with Crippen LogP contribution in [0.2, 0.25) is 0 Å². The smallest absolute Gasteiger partial charge is 0.231 e. The lowest BCUT2D eigenvalue weighted by Gasteiger charge is -2.10. The fraction of sp³-hybridized carbons (Fsp3) is 0.455. The highest BCUT2D eigenvalue weighted by Crippen LogP contribution is 2.23. The van der Waals surface area contributed by atoms with Gasteiger partial charge in [0.05, 0.1) is 7.11 Å². The van der Waals surface area contributed by atoms with Gasteiger partial charge in [0.15, 0.2) is 0 Å². The van der Waals surface area contributed by atoms with Gasteiger partial charge in [0, 0.05) is 5.69 Å². The number of pyridine rings is 1. The minimum absolute atomic E-state index is 0.343. The van der Waals surface area contributed by atoms with Crippen molar-refractivity contribution in [3.8, 4) is 11.9 Å². The standard InChI is InChI=1S/C11H14N2O/c1-7(2)10-5-8(3)9(6-12)11(13-10)14-4/h5,7H,1-4H3. The van der Waals surface area contributed by atoms with E-state index in [1.807, 2.05) is 13.0 Å². The molecule has 0 aromatic carbocycles. The number of aromatic nitrogens is 1. The second-order valence-electron chi connectivity index (χ2n) is 3.51. The van der Waals surface area contributed by atoms with Gasteiger partial charge in [-0.3, -0.25) is 0 Å². The Labute approximate surface area is 84.3 Å². The molecule has 0 saturated carbocycles. The molecule has 14 heavy (non-hydrogen) atoms. The summed E-state index contributed by atoms with van der Waals surface area (Å²) < 4.78 is 5.07. The van der Waals surface area contributed by atoms with Crippen molar-refractivity contribution in [1.29, 1.82) is 5.26 Å². The lowest BCUT2D eigenvalue weighted by molar-refractivity contribution is 0.393. The van der Waals surface area contributed by atoms with Gasteiger partial charge in [-0.25, -0.2) is 4.98 Å². The zero-order valence-electron chi connectivity index (χ0n) is 8.96. The highest BCUT2D eigenvalue weighted by atomic mass is 16.5. The highest BCUT2D eigenvalue weighted by Gasteiger charge is 2.11. The van der Waals surface area contributed by atoms with Crippen LogP contribution in [0.4, 0.5) is 0 Å². The molecule has 0 unspecified atom stereocenters. The Morgan fingerprint density at radius 2 is 2.14 bits per heavy atom. The van der Waals surface area contributed by atoms with E-state index in [2.05, 4.69) is 24.9 Å². The summed E-state index contributed by atoms with van der Waals surface area (Å²) in [6.07, 6.45) is 0. The van der Waals surface area contributed by atoms with Crippen molar-refractivity contribution in [2.75, 3.05) is 7.11 Å². The molecule has 0 bridgehead atoms. The fourth-order valence-corrected chi connectivity index (χ4v) is 1.25. The number of ether oxygens (including phenoxy) is 1. The summed E-state index contributed by atoms with van der Waals surface area (Å²) in [7, 11) is 1.53. The molecular weight excluding hydrogens is 176 g/mol. The molecule has 1 aromatic rings. The zero-order chi connectivity index (χ0) is 10.7. The molecule has 0 saturated heterocycles. The van der Waals surface area contributed by atoms with Crippen LogP contribution >= 0.6 is 0 Å². The SMILES string of the molecule is COc1nc(C(C)C)cc(C)c1C#N. The van der Waals surface area contributed by atoms with E-state index >= 15 is 0 Å². The third kappa shape index (κ3) is 1.85. The summed E-state index contributed by atoms with van der Waals surface area (Å²) in [6, 6.07) is 4.03. The number of hydrogen-bond acceptors (Lipinski definition) is 3. The molecular formula is C11H14N2O. The number of nitrogens with zero attached hydrogens (tertiary/aromatic N) is 2. The summed E-state index contributed by atoms with van der Waals surface area (Å²) in [5.74, 6) is 0.770. The van der Waals surface area contributed by atoms with Crippen LogP contribution in [0, 0.1) is 18.3 Å². The molecule has 1 heterocycles. The van der Waals surface area contributed by atoms with Gasteiger partial charge < -0.3 is 4.74 Å². The van der Waals surface area contributed by atoms with Gasteiger partial charge in [-0.2, -0.15) is 5.26 Å². The molecule has 1 aromatic heterocycles. The van der Waals surface area contributed by atoms with E-state index in [4.69, 9.17) is 10.00 Å².